The lowest BCUT2D eigenvalue weighted by Crippen LogP contribution is -2.32. The normalized spacial score (nSPS) is 13.9. The molecule has 0 spiro atoms. The minimum atomic E-state index is -4.43. The number of aliphatic imine (C=N–C) groups is 1. The van der Waals surface area contributed by atoms with E-state index in [2.05, 4.69) is 21.6 Å². The molecule has 5 nitrogen and oxygen atoms in total. The summed E-state index contributed by atoms with van der Waals surface area (Å²) in [7, 11) is 0. The Balaban J connectivity index is 4.05. The Morgan fingerprint density at radius 3 is 2.48 bits per heavy atom. The van der Waals surface area contributed by atoms with E-state index < -0.39 is 30.0 Å². The quantitative estimate of drug-likeness (QED) is 0.350. The Morgan fingerprint density at radius 1 is 1.43 bits per heavy atom. The number of amides is 1. The number of rotatable bonds is 6. The van der Waals surface area contributed by atoms with E-state index in [0.717, 1.165) is 0 Å². The lowest BCUT2D eigenvalue weighted by molar-refractivity contribution is -0.155. The number of alkyl carbamates (subject to hydrolysis) is 1. The van der Waals surface area contributed by atoms with Gasteiger partial charge in [-0.3, -0.25) is 5.32 Å². The second-order valence-corrected chi connectivity index (χ2v) is 5.55. The van der Waals surface area contributed by atoms with Crippen molar-refractivity contribution in [3.8, 4) is 0 Å². The number of carbonyl (C=O) groups is 1. The van der Waals surface area contributed by atoms with Gasteiger partial charge in [0.15, 0.2) is 13.0 Å². The van der Waals surface area contributed by atoms with Crippen molar-refractivity contribution < 1.29 is 27.4 Å². The van der Waals surface area contributed by atoms with Gasteiger partial charge in [-0.1, -0.05) is 18.2 Å². The molecule has 0 rings (SSSR count). The van der Waals surface area contributed by atoms with Crippen LogP contribution in [0.4, 0.5) is 18.0 Å². The minimum Gasteiger partial charge on any atom is -0.474 e. The summed E-state index contributed by atoms with van der Waals surface area (Å²) >= 11 is 5.73. The summed E-state index contributed by atoms with van der Waals surface area (Å²) < 4.78 is 44.5. The first-order chi connectivity index (χ1) is 9.39. The molecule has 0 heterocycles. The van der Waals surface area contributed by atoms with Crippen molar-refractivity contribution in [2.24, 2.45) is 4.99 Å². The summed E-state index contributed by atoms with van der Waals surface area (Å²) in [5, 5.41) is 2.35. The van der Waals surface area contributed by atoms with Crippen molar-refractivity contribution in [1.29, 1.82) is 0 Å². The predicted octanol–water partition coefficient (Wildman–Crippen LogP) is 3.59. The fraction of sp³-hybridized carbons (Fsp3) is 0.667. The maximum absolute atomic E-state index is 11.8. The van der Waals surface area contributed by atoms with Crippen LogP contribution in [0.2, 0.25) is 0 Å². The third-order valence-electron chi connectivity index (χ3n) is 1.64. The first-order valence-corrected chi connectivity index (χ1v) is 6.34. The maximum Gasteiger partial charge on any atom is 0.422 e. The molecule has 0 aromatic heterocycles. The average molecular weight is 331 g/mol. The van der Waals surface area contributed by atoms with Crippen LogP contribution in [-0.4, -0.2) is 36.4 Å². The van der Waals surface area contributed by atoms with E-state index in [1.807, 2.05) is 0 Å². The van der Waals surface area contributed by atoms with Crippen LogP contribution in [0.25, 0.3) is 0 Å². The third kappa shape index (κ3) is 13.3. The zero-order chi connectivity index (χ0) is 16.7. The summed E-state index contributed by atoms with van der Waals surface area (Å²) in [6, 6.07) is 0. The number of ether oxygens (including phenoxy) is 2. The lowest BCUT2D eigenvalue weighted by atomic mass is 10.2. The largest absolute Gasteiger partial charge is 0.474 e. The van der Waals surface area contributed by atoms with Gasteiger partial charge in [0, 0.05) is 12.1 Å². The van der Waals surface area contributed by atoms with E-state index in [9.17, 15) is 18.0 Å². The Labute approximate surface area is 126 Å². The zero-order valence-corrected chi connectivity index (χ0v) is 12.7. The van der Waals surface area contributed by atoms with Gasteiger partial charge in [0.2, 0.25) is 0 Å². The molecule has 122 valence electrons. The molecule has 0 radical (unpaired) electrons. The number of nitrogens with one attached hydrogen (secondary N) is 1. The first-order valence-electron chi connectivity index (χ1n) is 5.91. The zero-order valence-electron chi connectivity index (χ0n) is 12.0. The summed E-state index contributed by atoms with van der Waals surface area (Å²) in [5.74, 6) is 0. The van der Waals surface area contributed by atoms with Gasteiger partial charge in [-0.2, -0.15) is 13.2 Å². The number of halogens is 4. The molecule has 0 saturated carbocycles. The predicted molar refractivity (Wildman–Crippen MR) is 73.3 cm³/mol. The van der Waals surface area contributed by atoms with Gasteiger partial charge in [-0.25, -0.2) is 9.79 Å². The van der Waals surface area contributed by atoms with Crippen molar-refractivity contribution in [3.05, 3.63) is 12.3 Å². The second kappa shape index (κ2) is 8.11. The maximum atomic E-state index is 11.8. The molecule has 1 unspecified atom stereocenters. The van der Waals surface area contributed by atoms with Gasteiger partial charge in [0.25, 0.3) is 0 Å². The standard InChI is InChI=1S/C12H18ClF3N2O3/c1-8(18-10(19)21-11(2,3)4)5-9(13)17-7-20-6-12(14,15)16/h7,9H,1,5-6H2,2-4H3,(H,18,19). The molecule has 0 aliphatic carbocycles. The Bertz CT molecular complexity index is 392. The van der Waals surface area contributed by atoms with Crippen molar-refractivity contribution >= 4 is 24.1 Å². The van der Waals surface area contributed by atoms with Crippen molar-refractivity contribution in [2.75, 3.05) is 6.61 Å². The molecule has 1 N–H and O–H groups in total. The molecule has 1 amide bonds. The van der Waals surface area contributed by atoms with E-state index in [0.29, 0.717) is 6.40 Å². The second-order valence-electron chi connectivity index (χ2n) is 5.05. The Morgan fingerprint density at radius 2 is 2.00 bits per heavy atom. The van der Waals surface area contributed by atoms with E-state index >= 15 is 0 Å². The highest BCUT2D eigenvalue weighted by atomic mass is 35.5. The van der Waals surface area contributed by atoms with E-state index in [4.69, 9.17) is 16.3 Å². The average Bonchev–Trinajstić information content (AvgIpc) is 2.19. The first kappa shape index (κ1) is 19.6. The van der Waals surface area contributed by atoms with Crippen LogP contribution < -0.4 is 5.32 Å². The molecule has 0 aliphatic heterocycles. The monoisotopic (exact) mass is 330 g/mol. The number of hydrogen-bond acceptors (Lipinski definition) is 4. The highest BCUT2D eigenvalue weighted by Gasteiger charge is 2.27. The smallest absolute Gasteiger partial charge is 0.422 e. The van der Waals surface area contributed by atoms with Crippen LogP contribution in [0.15, 0.2) is 17.3 Å². The summed E-state index contributed by atoms with van der Waals surface area (Å²) in [6.07, 6.45) is -4.50. The molecular weight excluding hydrogens is 313 g/mol. The SMILES string of the molecule is C=C(CC(Cl)N=COCC(F)(F)F)NC(=O)OC(C)(C)C. The number of nitrogens with zero attached hydrogens (tertiary/aromatic N) is 1. The number of hydrogen-bond donors (Lipinski definition) is 1. The summed E-state index contributed by atoms with van der Waals surface area (Å²) in [6.45, 7) is 7.18. The lowest BCUT2D eigenvalue weighted by Gasteiger charge is -2.20. The van der Waals surface area contributed by atoms with Gasteiger partial charge < -0.3 is 9.47 Å². The molecule has 0 bridgehead atoms. The Kier molecular flexibility index (Phi) is 7.56. The summed E-state index contributed by atoms with van der Waals surface area (Å²) in [4.78, 5) is 14.9. The van der Waals surface area contributed by atoms with E-state index in [1.165, 1.54) is 0 Å². The van der Waals surface area contributed by atoms with Crippen LogP contribution in [0.5, 0.6) is 0 Å². The third-order valence-corrected chi connectivity index (χ3v) is 1.90. The van der Waals surface area contributed by atoms with Gasteiger partial charge in [0.05, 0.1) is 0 Å². The molecule has 9 heteroatoms. The van der Waals surface area contributed by atoms with Crippen LogP contribution in [0, 0.1) is 0 Å². The van der Waals surface area contributed by atoms with Gasteiger partial charge in [0.1, 0.15) is 11.1 Å². The Hall–Kier alpha value is -1.44. The minimum absolute atomic E-state index is 0.0205. The molecule has 0 aromatic rings. The molecule has 1 atom stereocenters. The van der Waals surface area contributed by atoms with E-state index in [1.54, 1.807) is 20.8 Å². The van der Waals surface area contributed by atoms with Gasteiger partial charge in [-0.05, 0) is 20.8 Å². The topological polar surface area (TPSA) is 59.9 Å². The molecule has 0 saturated heterocycles. The molecule has 21 heavy (non-hydrogen) atoms. The number of carbonyl (C=O) groups excluding carboxylic acids is 1. The molecule has 0 fully saturated rings. The van der Waals surface area contributed by atoms with Crippen molar-refractivity contribution in [1.82, 2.24) is 5.32 Å². The fourth-order valence-electron chi connectivity index (χ4n) is 0.996. The van der Waals surface area contributed by atoms with Gasteiger partial charge in [-0.15, -0.1) is 0 Å². The highest BCUT2D eigenvalue weighted by Crippen LogP contribution is 2.14. The molecule has 0 aromatic carbocycles. The van der Waals surface area contributed by atoms with Crippen LogP contribution in [-0.2, 0) is 9.47 Å². The van der Waals surface area contributed by atoms with Crippen LogP contribution >= 0.6 is 11.6 Å². The van der Waals surface area contributed by atoms with Gasteiger partial charge >= 0.3 is 12.3 Å². The van der Waals surface area contributed by atoms with Crippen LogP contribution in [0.1, 0.15) is 27.2 Å². The fourth-order valence-corrected chi connectivity index (χ4v) is 1.23. The molecular formula is C12H18ClF3N2O3. The highest BCUT2D eigenvalue weighted by molar-refractivity contribution is 6.20. The van der Waals surface area contributed by atoms with Crippen molar-refractivity contribution in [3.63, 3.8) is 0 Å². The van der Waals surface area contributed by atoms with E-state index in [-0.39, 0.29) is 12.1 Å². The number of alkyl halides is 4. The summed E-state index contributed by atoms with van der Waals surface area (Å²) in [5.41, 5.74) is -1.35. The molecule has 0 aliphatic rings. The van der Waals surface area contributed by atoms with Crippen LogP contribution in [0.3, 0.4) is 0 Å². The van der Waals surface area contributed by atoms with Crippen molar-refractivity contribution in [2.45, 2.75) is 44.5 Å².